The van der Waals surface area contributed by atoms with Crippen molar-refractivity contribution in [2.45, 2.75) is 154 Å². The molecule has 0 aromatic rings. The molecule has 0 aliphatic heterocycles. The van der Waals surface area contributed by atoms with Crippen LogP contribution in [0, 0.1) is 0 Å². The van der Waals surface area contributed by atoms with Gasteiger partial charge in [-0.15, -0.1) is 0 Å². The molecule has 0 radical (unpaired) electrons. The van der Waals surface area contributed by atoms with Gasteiger partial charge in [0.2, 0.25) is 0 Å². The van der Waals surface area contributed by atoms with Crippen LogP contribution in [0.5, 0.6) is 0 Å². The Labute approximate surface area is 263 Å². The van der Waals surface area contributed by atoms with Gasteiger partial charge < -0.3 is 0 Å². The molecule has 0 spiro atoms. The van der Waals surface area contributed by atoms with Crippen LogP contribution >= 0.6 is 6.75 Å². The van der Waals surface area contributed by atoms with Crippen molar-refractivity contribution in [3.8, 4) is 0 Å². The van der Waals surface area contributed by atoms with Gasteiger partial charge in [-0.2, -0.15) is 0 Å². The Hall–Kier alpha value is -0.170. The zero-order valence-corrected chi connectivity index (χ0v) is 29.7. The van der Waals surface area contributed by atoms with Crippen molar-refractivity contribution in [1.29, 1.82) is 0 Å². The minimum atomic E-state index is -6.94. The van der Waals surface area contributed by atoms with E-state index in [1.165, 1.54) is 0 Å². The first-order valence-corrected chi connectivity index (χ1v) is 22.4. The van der Waals surface area contributed by atoms with E-state index in [1.54, 1.807) is 0 Å². The summed E-state index contributed by atoms with van der Waals surface area (Å²) in [6.45, 7) is 0.804. The second-order valence-corrected chi connectivity index (χ2v) is 22.7. The average Bonchev–Trinajstić information content (AvgIpc) is 2.92. The van der Waals surface area contributed by atoms with Crippen LogP contribution in [-0.4, -0.2) is 62.5 Å². The first-order chi connectivity index (χ1) is 20.4. The van der Waals surface area contributed by atoms with Crippen LogP contribution < -0.4 is 5.73 Å². The SMILES string of the molecule is CCCCCCCCP(CCCN)(CCCCCCCC)(CCCCCCCC)N(S(=O)(=O)C(F)(F)F)S(=O)(=O)C(F)(F)F. The molecular weight excluding hydrogens is 649 g/mol. The molecule has 0 rings (SSSR count). The zero-order chi connectivity index (χ0) is 34.0. The molecule has 0 bridgehead atoms. The molecule has 44 heavy (non-hydrogen) atoms. The molecule has 0 aliphatic carbocycles. The maximum absolute atomic E-state index is 14.3. The van der Waals surface area contributed by atoms with Gasteiger partial charge in [-0.1, -0.05) is 0 Å². The van der Waals surface area contributed by atoms with Crippen molar-refractivity contribution in [2.24, 2.45) is 5.73 Å². The molecule has 0 aromatic heterocycles. The van der Waals surface area contributed by atoms with Gasteiger partial charge in [0.05, 0.1) is 0 Å². The summed E-state index contributed by atoms with van der Waals surface area (Å²) in [5, 5.41) is 0. The van der Waals surface area contributed by atoms with Crippen molar-refractivity contribution in [3.63, 3.8) is 0 Å². The van der Waals surface area contributed by atoms with Crippen molar-refractivity contribution in [1.82, 2.24) is 3.48 Å². The van der Waals surface area contributed by atoms with Gasteiger partial charge in [-0.3, -0.25) is 0 Å². The molecule has 0 saturated heterocycles. The predicted molar refractivity (Wildman–Crippen MR) is 172 cm³/mol. The number of halogens is 6. The summed E-state index contributed by atoms with van der Waals surface area (Å²) in [5.41, 5.74) is -6.70. The molecule has 6 nitrogen and oxygen atoms in total. The van der Waals surface area contributed by atoms with E-state index in [-0.39, 0.29) is 56.9 Å². The Bertz CT molecular complexity index is 905. The van der Waals surface area contributed by atoms with Crippen molar-refractivity contribution in [2.75, 3.05) is 31.2 Å². The molecule has 0 atom stereocenters. The van der Waals surface area contributed by atoms with E-state index in [0.717, 1.165) is 57.8 Å². The van der Waals surface area contributed by atoms with Crippen LogP contribution in [-0.2, 0) is 20.0 Å². The summed E-state index contributed by atoms with van der Waals surface area (Å²) in [6.07, 6.45) is 10.4. The minimum absolute atomic E-state index is 0.0728. The number of nitrogens with zero attached hydrogens (tertiary/aromatic N) is 1. The molecule has 0 saturated carbocycles. The number of unbranched alkanes of at least 4 members (excludes halogenated alkanes) is 15. The molecule has 15 heteroatoms. The van der Waals surface area contributed by atoms with Crippen LogP contribution in [0.15, 0.2) is 0 Å². The van der Waals surface area contributed by atoms with E-state index in [0.29, 0.717) is 38.5 Å². The molecular formula is C29H59F6N2O4PS2. The first-order valence-electron chi connectivity index (χ1n) is 16.6. The van der Waals surface area contributed by atoms with Crippen molar-refractivity contribution in [3.05, 3.63) is 0 Å². The zero-order valence-electron chi connectivity index (χ0n) is 27.2. The van der Waals surface area contributed by atoms with E-state index in [4.69, 9.17) is 5.73 Å². The average molecular weight is 709 g/mol. The number of alkyl halides is 6. The Kier molecular flexibility index (Phi) is 20.2. The van der Waals surface area contributed by atoms with Gasteiger partial charge in [0.1, 0.15) is 0 Å². The maximum atomic E-state index is 14.3. The number of rotatable bonds is 27. The summed E-state index contributed by atoms with van der Waals surface area (Å²) in [5.74, 6) is 0. The van der Waals surface area contributed by atoms with E-state index < -0.39 is 41.3 Å². The van der Waals surface area contributed by atoms with E-state index in [9.17, 15) is 43.2 Å². The summed E-state index contributed by atoms with van der Waals surface area (Å²) in [6, 6.07) is 0. The third kappa shape index (κ3) is 12.8. The third-order valence-corrected chi connectivity index (χ3v) is 22.7. The van der Waals surface area contributed by atoms with Crippen LogP contribution in [0.2, 0.25) is 0 Å². The number of sulfonamides is 2. The predicted octanol–water partition coefficient (Wildman–Crippen LogP) is 9.89. The quantitative estimate of drug-likeness (QED) is 0.0521. The Morgan fingerprint density at radius 3 is 0.977 bits per heavy atom. The fourth-order valence-corrected chi connectivity index (χ4v) is 21.7. The molecule has 0 amide bonds. The second-order valence-electron chi connectivity index (χ2n) is 12.3. The molecule has 0 aromatic carbocycles. The van der Waals surface area contributed by atoms with Gasteiger partial charge >= 0.3 is 264 Å². The number of hydrogen-bond donors (Lipinski definition) is 1. The Balaban J connectivity index is 7.44. The monoisotopic (exact) mass is 708 g/mol. The van der Waals surface area contributed by atoms with Gasteiger partial charge in [0.25, 0.3) is 0 Å². The van der Waals surface area contributed by atoms with Gasteiger partial charge in [0, 0.05) is 0 Å². The van der Waals surface area contributed by atoms with Crippen molar-refractivity contribution >= 4 is 26.8 Å². The third-order valence-electron chi connectivity index (χ3n) is 8.65. The summed E-state index contributed by atoms with van der Waals surface area (Å²) < 4.78 is 138. The summed E-state index contributed by atoms with van der Waals surface area (Å²) >= 11 is 0. The van der Waals surface area contributed by atoms with Crippen LogP contribution in [0.3, 0.4) is 0 Å². The van der Waals surface area contributed by atoms with Gasteiger partial charge in [0.15, 0.2) is 0 Å². The first kappa shape index (κ1) is 43.8. The normalized spacial score (nSPS) is 14.7. The molecule has 0 fully saturated rings. The number of hydrogen-bond acceptors (Lipinski definition) is 5. The van der Waals surface area contributed by atoms with E-state index in [1.807, 2.05) is 20.8 Å². The fraction of sp³-hybridized carbons (Fsp3) is 1.00. The van der Waals surface area contributed by atoms with Gasteiger partial charge in [-0.05, 0) is 0 Å². The molecule has 0 aliphatic rings. The molecule has 2 N–H and O–H groups in total. The second kappa shape index (κ2) is 20.3. The Morgan fingerprint density at radius 2 is 0.727 bits per heavy atom. The van der Waals surface area contributed by atoms with Crippen molar-refractivity contribution < 1.29 is 43.2 Å². The molecule has 268 valence electrons. The van der Waals surface area contributed by atoms with Crippen LogP contribution in [0.25, 0.3) is 0 Å². The molecule has 0 heterocycles. The number of nitrogens with two attached hydrogens (primary N) is 1. The topological polar surface area (TPSA) is 97.5 Å². The van der Waals surface area contributed by atoms with Gasteiger partial charge in [-0.25, -0.2) is 0 Å². The molecule has 0 unspecified atom stereocenters. The van der Waals surface area contributed by atoms with Crippen LogP contribution in [0.4, 0.5) is 26.3 Å². The summed E-state index contributed by atoms with van der Waals surface area (Å²) in [4.78, 5) is 0. The van der Waals surface area contributed by atoms with Crippen LogP contribution in [0.1, 0.15) is 143 Å². The summed E-state index contributed by atoms with van der Waals surface area (Å²) in [7, 11) is -13.9. The van der Waals surface area contributed by atoms with E-state index >= 15 is 0 Å². The fourth-order valence-electron chi connectivity index (χ4n) is 6.30. The Morgan fingerprint density at radius 1 is 0.477 bits per heavy atom. The van der Waals surface area contributed by atoms with E-state index in [2.05, 4.69) is 0 Å². The standard InChI is InChI=1S/C29H59F6N2O4PS2/c1-4-7-10-13-16-19-24-42(27-22-23-36,25-20-17-14-11-8-5-2,26-21-18-15-12-9-6-3)37(43(38,39)28(30,31)32)44(40,41)29(33,34)35/h4-27,36H2,1-3H3.